The quantitative estimate of drug-likeness (QED) is 0.166. The molecule has 3 aromatic carbocycles. The van der Waals surface area contributed by atoms with Gasteiger partial charge in [0.15, 0.2) is 5.13 Å². The second-order valence-corrected chi connectivity index (χ2v) is 11.5. The number of hydrogen-bond acceptors (Lipinski definition) is 9. The van der Waals surface area contributed by atoms with Crippen molar-refractivity contribution in [2.45, 2.75) is 24.1 Å². The molecule has 5 rings (SSSR count). The molecule has 1 atom stereocenters. The van der Waals surface area contributed by atoms with Gasteiger partial charge in [0.25, 0.3) is 0 Å². The van der Waals surface area contributed by atoms with Crippen LogP contribution in [-0.2, 0) is 4.79 Å². The fourth-order valence-electron chi connectivity index (χ4n) is 4.35. The molecule has 10 heteroatoms. The number of amides is 1. The van der Waals surface area contributed by atoms with Crippen molar-refractivity contribution in [2.75, 3.05) is 26.1 Å². The molecule has 0 fully saturated rings. The number of methoxy groups -OCH3 is 2. The Balaban J connectivity index is 1.50. The molecular weight excluding hydrogens is 569 g/mol. The van der Waals surface area contributed by atoms with Crippen LogP contribution >= 0.6 is 23.1 Å². The fourth-order valence-corrected chi connectivity index (χ4v) is 6.17. The number of aromatic nitrogens is 2. The van der Waals surface area contributed by atoms with Crippen LogP contribution in [0.3, 0.4) is 0 Å². The molecule has 1 amide bonds. The highest BCUT2D eigenvalue weighted by Crippen LogP contribution is 2.41. The third kappa shape index (κ3) is 6.17. The summed E-state index contributed by atoms with van der Waals surface area (Å²) in [5.41, 5.74) is 3.99. The minimum absolute atomic E-state index is 0.250. The number of carbonyl (C=O) groups is 1. The summed E-state index contributed by atoms with van der Waals surface area (Å²) in [6, 6.07) is 25.0. The van der Waals surface area contributed by atoms with E-state index in [-0.39, 0.29) is 5.91 Å². The van der Waals surface area contributed by atoms with Crippen LogP contribution < -0.4 is 19.5 Å². The van der Waals surface area contributed by atoms with Crippen molar-refractivity contribution >= 4 is 44.4 Å². The van der Waals surface area contributed by atoms with Gasteiger partial charge in [-0.15, -0.1) is 0 Å². The van der Waals surface area contributed by atoms with Crippen LogP contribution in [0.2, 0.25) is 0 Å². The SMILES string of the molecule is CCOc1ccc2nc(NC(=O)C(C)Sc3nc(-c4ccccc4)cc(-c4cc(OC)ccc4OC)c3C#N)sc2c1. The molecule has 212 valence electrons. The molecule has 0 bridgehead atoms. The molecule has 0 aliphatic rings. The van der Waals surface area contributed by atoms with E-state index >= 15 is 0 Å². The molecule has 1 unspecified atom stereocenters. The molecule has 8 nitrogen and oxygen atoms in total. The van der Waals surface area contributed by atoms with Crippen LogP contribution in [0.15, 0.2) is 77.8 Å². The lowest BCUT2D eigenvalue weighted by Gasteiger charge is -2.17. The number of thiazole rings is 1. The lowest BCUT2D eigenvalue weighted by atomic mass is 9.98. The summed E-state index contributed by atoms with van der Waals surface area (Å²) in [5.74, 6) is 1.72. The molecule has 2 aromatic heterocycles. The van der Waals surface area contributed by atoms with Gasteiger partial charge in [0.1, 0.15) is 28.3 Å². The van der Waals surface area contributed by atoms with Crippen LogP contribution in [0.4, 0.5) is 5.13 Å². The monoisotopic (exact) mass is 596 g/mol. The topological polar surface area (TPSA) is 106 Å². The van der Waals surface area contributed by atoms with E-state index in [1.165, 1.54) is 23.1 Å². The second-order valence-electron chi connectivity index (χ2n) is 9.11. The number of fused-ring (bicyclic) bond motifs is 1. The molecule has 42 heavy (non-hydrogen) atoms. The first kappa shape index (κ1) is 28.9. The molecule has 1 N–H and O–H groups in total. The molecule has 2 heterocycles. The highest BCUT2D eigenvalue weighted by atomic mass is 32.2. The minimum Gasteiger partial charge on any atom is -0.497 e. The van der Waals surface area contributed by atoms with Crippen molar-refractivity contribution in [2.24, 2.45) is 0 Å². The van der Waals surface area contributed by atoms with E-state index in [0.29, 0.717) is 50.6 Å². The van der Waals surface area contributed by atoms with Crippen molar-refractivity contribution in [3.8, 4) is 45.7 Å². The smallest absolute Gasteiger partial charge is 0.239 e. The van der Waals surface area contributed by atoms with Crippen LogP contribution in [0.5, 0.6) is 17.2 Å². The second kappa shape index (κ2) is 12.9. The number of nitriles is 1. The fraction of sp³-hybridized carbons (Fsp3) is 0.188. The summed E-state index contributed by atoms with van der Waals surface area (Å²) in [5, 5.41) is 13.6. The third-order valence-electron chi connectivity index (χ3n) is 6.42. The largest absolute Gasteiger partial charge is 0.497 e. The van der Waals surface area contributed by atoms with Gasteiger partial charge in [0.05, 0.1) is 47.6 Å². The Hall–Kier alpha value is -4.59. The number of nitrogens with one attached hydrogen (secondary N) is 1. The van der Waals surface area contributed by atoms with Crippen molar-refractivity contribution < 1.29 is 19.0 Å². The first-order valence-corrected chi connectivity index (χ1v) is 14.9. The Bertz CT molecular complexity index is 1780. The first-order chi connectivity index (χ1) is 20.4. The number of carbonyl (C=O) groups excluding carboxylic acids is 1. The van der Waals surface area contributed by atoms with Gasteiger partial charge < -0.3 is 19.5 Å². The molecular formula is C32H28N4O4S2. The van der Waals surface area contributed by atoms with Crippen LogP contribution in [0.1, 0.15) is 19.4 Å². The van der Waals surface area contributed by atoms with Crippen LogP contribution in [0, 0.1) is 11.3 Å². The number of rotatable bonds is 10. The summed E-state index contributed by atoms with van der Waals surface area (Å²) in [4.78, 5) is 22.7. The first-order valence-electron chi connectivity index (χ1n) is 13.2. The zero-order chi connectivity index (χ0) is 29.6. The maximum absolute atomic E-state index is 13.3. The summed E-state index contributed by atoms with van der Waals surface area (Å²) < 4.78 is 17.6. The highest BCUT2D eigenvalue weighted by Gasteiger charge is 2.24. The van der Waals surface area contributed by atoms with Gasteiger partial charge in [-0.3, -0.25) is 4.79 Å². The summed E-state index contributed by atoms with van der Waals surface area (Å²) >= 11 is 2.60. The van der Waals surface area contributed by atoms with Gasteiger partial charge in [0, 0.05) is 16.7 Å². The van der Waals surface area contributed by atoms with Crippen LogP contribution in [0.25, 0.3) is 32.6 Å². The Morgan fingerprint density at radius 1 is 1.00 bits per heavy atom. The van der Waals surface area contributed by atoms with Crippen molar-refractivity contribution in [3.05, 3.63) is 78.4 Å². The average molecular weight is 597 g/mol. The molecule has 5 aromatic rings. The summed E-state index contributed by atoms with van der Waals surface area (Å²) in [6.45, 7) is 4.28. The zero-order valence-corrected chi connectivity index (χ0v) is 25.1. The van der Waals surface area contributed by atoms with Crippen molar-refractivity contribution in [3.63, 3.8) is 0 Å². The standard InChI is InChI=1S/C32H28N4O4S2/c1-5-40-22-11-13-26-29(16-22)42-32(35-26)36-30(37)19(2)41-31-25(18-33)23(17-27(34-31)20-9-7-6-8-10-20)24-15-21(38-3)12-14-28(24)39-4/h6-17,19H,5H2,1-4H3,(H,35,36,37). The Kier molecular flexibility index (Phi) is 8.91. The number of thioether (sulfide) groups is 1. The molecule has 0 saturated carbocycles. The summed E-state index contributed by atoms with van der Waals surface area (Å²) in [7, 11) is 3.17. The number of nitrogens with zero attached hydrogens (tertiary/aromatic N) is 3. The van der Waals surface area contributed by atoms with E-state index in [1.54, 1.807) is 33.3 Å². The third-order valence-corrected chi connectivity index (χ3v) is 8.44. The lowest BCUT2D eigenvalue weighted by molar-refractivity contribution is -0.115. The van der Waals surface area contributed by atoms with Crippen LogP contribution in [-0.4, -0.2) is 42.0 Å². The van der Waals surface area contributed by atoms with Gasteiger partial charge in [-0.1, -0.05) is 53.4 Å². The lowest BCUT2D eigenvalue weighted by Crippen LogP contribution is -2.22. The van der Waals surface area contributed by atoms with Crippen molar-refractivity contribution in [1.29, 1.82) is 5.26 Å². The number of pyridine rings is 1. The normalized spacial score (nSPS) is 11.5. The maximum Gasteiger partial charge on any atom is 0.239 e. The number of hydrogen-bond donors (Lipinski definition) is 1. The average Bonchev–Trinajstić information content (AvgIpc) is 3.42. The minimum atomic E-state index is -0.582. The molecule has 0 radical (unpaired) electrons. The van der Waals surface area contributed by atoms with E-state index in [4.69, 9.17) is 19.2 Å². The van der Waals surface area contributed by atoms with E-state index < -0.39 is 5.25 Å². The van der Waals surface area contributed by atoms with E-state index in [1.807, 2.05) is 67.6 Å². The number of ether oxygens (including phenoxy) is 3. The predicted octanol–water partition coefficient (Wildman–Crippen LogP) is 7.43. The zero-order valence-electron chi connectivity index (χ0n) is 23.5. The van der Waals surface area contributed by atoms with E-state index in [9.17, 15) is 10.1 Å². The number of benzene rings is 3. The summed E-state index contributed by atoms with van der Waals surface area (Å²) in [6.07, 6.45) is 0. The van der Waals surface area contributed by atoms with Gasteiger partial charge in [-0.25, -0.2) is 9.97 Å². The van der Waals surface area contributed by atoms with E-state index in [2.05, 4.69) is 16.4 Å². The molecule has 0 aliphatic heterocycles. The number of anilines is 1. The Morgan fingerprint density at radius 2 is 1.79 bits per heavy atom. The van der Waals surface area contributed by atoms with Gasteiger partial charge >= 0.3 is 0 Å². The molecule has 0 saturated heterocycles. The van der Waals surface area contributed by atoms with E-state index in [0.717, 1.165) is 21.5 Å². The predicted molar refractivity (Wildman–Crippen MR) is 168 cm³/mol. The van der Waals surface area contributed by atoms with Gasteiger partial charge in [0.2, 0.25) is 5.91 Å². The Labute approximate surface area is 252 Å². The van der Waals surface area contributed by atoms with Crippen molar-refractivity contribution in [1.82, 2.24) is 9.97 Å². The molecule has 0 aliphatic carbocycles. The maximum atomic E-state index is 13.3. The van der Waals surface area contributed by atoms with Gasteiger partial charge in [-0.2, -0.15) is 5.26 Å². The molecule has 0 spiro atoms. The highest BCUT2D eigenvalue weighted by molar-refractivity contribution is 8.00. The van der Waals surface area contributed by atoms with Gasteiger partial charge in [-0.05, 0) is 56.3 Å². The Morgan fingerprint density at radius 3 is 2.50 bits per heavy atom.